The average molecular weight is 505 g/mol. The zero-order valence-electron chi connectivity index (χ0n) is 20.0. The van der Waals surface area contributed by atoms with Crippen LogP contribution < -0.4 is 10.1 Å². The Morgan fingerprint density at radius 3 is 2.31 bits per heavy atom. The van der Waals surface area contributed by atoms with E-state index in [0.29, 0.717) is 40.9 Å². The number of benzene rings is 3. The third-order valence-electron chi connectivity index (χ3n) is 6.98. The van der Waals surface area contributed by atoms with Gasteiger partial charge in [0.25, 0.3) is 11.8 Å². The van der Waals surface area contributed by atoms with Crippen LogP contribution in [0.2, 0.25) is 0 Å². The highest BCUT2D eigenvalue weighted by atomic mass is 32.2. The van der Waals surface area contributed by atoms with Crippen molar-refractivity contribution in [3.8, 4) is 5.75 Å². The lowest BCUT2D eigenvalue weighted by atomic mass is 9.76. The molecule has 2 amide bonds. The molecule has 0 aromatic heterocycles. The normalized spacial score (nSPS) is 17.0. The largest absolute Gasteiger partial charge is 0.482 e. The minimum absolute atomic E-state index is 0.0205. The van der Waals surface area contributed by atoms with Gasteiger partial charge in [-0.3, -0.25) is 9.59 Å². The number of amides is 2. The fraction of sp³-hybridized carbons (Fsp3) is 0.286. The summed E-state index contributed by atoms with van der Waals surface area (Å²) < 4.78 is 29.3. The Morgan fingerprint density at radius 2 is 1.64 bits per heavy atom. The first-order valence-corrected chi connectivity index (χ1v) is 13.9. The van der Waals surface area contributed by atoms with Gasteiger partial charge in [-0.1, -0.05) is 42.5 Å². The second kappa shape index (κ2) is 9.78. The van der Waals surface area contributed by atoms with E-state index in [4.69, 9.17) is 4.74 Å². The molecule has 8 heteroatoms. The fourth-order valence-electron chi connectivity index (χ4n) is 5.15. The van der Waals surface area contributed by atoms with Crippen LogP contribution in [0.1, 0.15) is 40.2 Å². The van der Waals surface area contributed by atoms with Crippen molar-refractivity contribution in [2.75, 3.05) is 31.3 Å². The Kier molecular flexibility index (Phi) is 6.53. The summed E-state index contributed by atoms with van der Waals surface area (Å²) in [6.07, 6.45) is 2.86. The first-order valence-electron chi connectivity index (χ1n) is 12.0. The molecule has 3 aromatic carbocycles. The summed E-state index contributed by atoms with van der Waals surface area (Å²) in [7, 11) is -3.26. The summed E-state index contributed by atoms with van der Waals surface area (Å²) in [6, 6.07) is 22.6. The second-order valence-electron chi connectivity index (χ2n) is 9.41. The summed E-state index contributed by atoms with van der Waals surface area (Å²) in [6.45, 7) is 1.22. The molecule has 0 saturated carbocycles. The molecule has 0 bridgehead atoms. The Hall–Kier alpha value is -3.65. The van der Waals surface area contributed by atoms with E-state index in [1.165, 1.54) is 11.8 Å². The van der Waals surface area contributed by atoms with Crippen molar-refractivity contribution in [3.05, 3.63) is 89.5 Å². The van der Waals surface area contributed by atoms with Gasteiger partial charge in [-0.05, 0) is 60.2 Å². The third-order valence-corrected chi connectivity index (χ3v) is 8.11. The monoisotopic (exact) mass is 504 g/mol. The Balaban J connectivity index is 1.33. The van der Waals surface area contributed by atoms with E-state index in [1.807, 2.05) is 35.2 Å². The van der Waals surface area contributed by atoms with Gasteiger partial charge in [0, 0.05) is 30.8 Å². The van der Waals surface area contributed by atoms with E-state index in [0.717, 1.165) is 18.4 Å². The van der Waals surface area contributed by atoms with Gasteiger partial charge in [0.2, 0.25) is 0 Å². The quantitative estimate of drug-likeness (QED) is 0.565. The molecule has 0 radical (unpaired) electrons. The number of rotatable bonds is 5. The molecule has 0 aliphatic carbocycles. The molecule has 7 nitrogen and oxygen atoms in total. The third kappa shape index (κ3) is 4.99. The van der Waals surface area contributed by atoms with Gasteiger partial charge in [-0.2, -0.15) is 0 Å². The maximum atomic E-state index is 13.2. The van der Waals surface area contributed by atoms with Crippen molar-refractivity contribution in [2.24, 2.45) is 5.92 Å². The van der Waals surface area contributed by atoms with E-state index in [9.17, 15) is 18.0 Å². The number of carbonyl (C=O) groups is 2. The van der Waals surface area contributed by atoms with E-state index < -0.39 is 9.84 Å². The van der Waals surface area contributed by atoms with Crippen LogP contribution in [0.3, 0.4) is 0 Å². The Morgan fingerprint density at radius 1 is 0.972 bits per heavy atom. The number of nitrogens with one attached hydrogen (secondary N) is 1. The number of likely N-dealkylation sites (tertiary alicyclic amines) is 1. The molecule has 0 unspecified atom stereocenters. The van der Waals surface area contributed by atoms with E-state index >= 15 is 0 Å². The number of nitrogens with zero attached hydrogens (tertiary/aromatic N) is 1. The summed E-state index contributed by atoms with van der Waals surface area (Å²) >= 11 is 0. The van der Waals surface area contributed by atoms with Crippen molar-refractivity contribution >= 4 is 27.3 Å². The van der Waals surface area contributed by atoms with Gasteiger partial charge in [0.1, 0.15) is 5.75 Å². The van der Waals surface area contributed by atoms with Crippen LogP contribution in [0, 0.1) is 5.92 Å². The van der Waals surface area contributed by atoms with Crippen LogP contribution in [-0.4, -0.2) is 51.1 Å². The predicted molar refractivity (Wildman–Crippen MR) is 137 cm³/mol. The van der Waals surface area contributed by atoms with Crippen LogP contribution in [0.5, 0.6) is 5.75 Å². The molecule has 186 valence electrons. The summed E-state index contributed by atoms with van der Waals surface area (Å²) in [5, 5.41) is 2.76. The zero-order valence-corrected chi connectivity index (χ0v) is 20.8. The molecule has 5 rings (SSSR count). The standard InChI is InChI=1S/C28H28N2O5S/c1-36(33,34)23-10-7-20(8-11-23)27(19-5-3-2-4-6-19)21-13-15-30(16-14-21)28(32)22-9-12-25-24(17-22)29-26(31)18-35-25/h2-12,17,21,27H,13-16,18H2,1H3,(H,29,31)/t27-/m0/s1. The molecule has 1 atom stereocenters. The number of hydrogen-bond donors (Lipinski definition) is 1. The Bertz CT molecular complexity index is 1380. The number of piperidine rings is 1. The lowest BCUT2D eigenvalue weighted by Gasteiger charge is -2.37. The van der Waals surface area contributed by atoms with Crippen molar-refractivity contribution in [1.29, 1.82) is 0 Å². The minimum Gasteiger partial charge on any atom is -0.482 e. The minimum atomic E-state index is -3.26. The van der Waals surface area contributed by atoms with Gasteiger partial charge >= 0.3 is 0 Å². The van der Waals surface area contributed by atoms with Gasteiger partial charge in [-0.25, -0.2) is 8.42 Å². The highest BCUT2D eigenvalue weighted by Crippen LogP contribution is 2.39. The van der Waals surface area contributed by atoms with Crippen molar-refractivity contribution in [1.82, 2.24) is 4.90 Å². The van der Waals surface area contributed by atoms with Crippen molar-refractivity contribution < 1.29 is 22.7 Å². The van der Waals surface area contributed by atoms with Gasteiger partial charge in [-0.15, -0.1) is 0 Å². The van der Waals surface area contributed by atoms with Crippen molar-refractivity contribution in [2.45, 2.75) is 23.7 Å². The molecule has 2 aliphatic heterocycles. The average Bonchev–Trinajstić information content (AvgIpc) is 2.89. The van der Waals surface area contributed by atoms with Crippen LogP contribution in [0.15, 0.2) is 77.7 Å². The molecular weight excluding hydrogens is 476 g/mol. The van der Waals surface area contributed by atoms with Crippen molar-refractivity contribution in [3.63, 3.8) is 0 Å². The van der Waals surface area contributed by atoms with Gasteiger partial charge in [0.15, 0.2) is 16.4 Å². The summed E-state index contributed by atoms with van der Waals surface area (Å²) in [5.74, 6) is 0.677. The first kappa shape index (κ1) is 24.1. The number of fused-ring (bicyclic) bond motifs is 1. The summed E-state index contributed by atoms with van der Waals surface area (Å²) in [5.41, 5.74) is 3.30. The van der Waals surface area contributed by atoms with Crippen LogP contribution in [0.25, 0.3) is 0 Å². The molecule has 1 saturated heterocycles. The summed E-state index contributed by atoms with van der Waals surface area (Å²) in [4.78, 5) is 27.0. The zero-order chi connectivity index (χ0) is 25.3. The molecule has 1 fully saturated rings. The van der Waals surface area contributed by atoms with Gasteiger partial charge < -0.3 is 15.0 Å². The second-order valence-corrected chi connectivity index (χ2v) is 11.4. The maximum absolute atomic E-state index is 13.2. The number of ether oxygens (including phenoxy) is 1. The smallest absolute Gasteiger partial charge is 0.262 e. The van der Waals surface area contributed by atoms with E-state index in [-0.39, 0.29) is 24.3 Å². The topological polar surface area (TPSA) is 92.8 Å². The highest BCUT2D eigenvalue weighted by molar-refractivity contribution is 7.90. The van der Waals surface area contributed by atoms with Crippen LogP contribution in [0.4, 0.5) is 5.69 Å². The lowest BCUT2D eigenvalue weighted by Crippen LogP contribution is -2.40. The van der Waals surface area contributed by atoms with Gasteiger partial charge in [0.05, 0.1) is 10.6 Å². The van der Waals surface area contributed by atoms with E-state index in [2.05, 4.69) is 17.4 Å². The first-order chi connectivity index (χ1) is 17.3. The van der Waals surface area contributed by atoms with Crippen LogP contribution in [-0.2, 0) is 14.6 Å². The molecular formula is C28H28N2O5S. The number of hydrogen-bond acceptors (Lipinski definition) is 5. The fourth-order valence-corrected chi connectivity index (χ4v) is 5.78. The molecule has 3 aromatic rings. The molecule has 36 heavy (non-hydrogen) atoms. The highest BCUT2D eigenvalue weighted by Gasteiger charge is 2.31. The number of sulfone groups is 1. The number of anilines is 1. The lowest BCUT2D eigenvalue weighted by molar-refractivity contribution is -0.118. The number of carbonyl (C=O) groups excluding carboxylic acids is 2. The maximum Gasteiger partial charge on any atom is 0.262 e. The molecule has 1 N–H and O–H groups in total. The predicted octanol–water partition coefficient (Wildman–Crippen LogP) is 4.11. The molecule has 2 aliphatic rings. The molecule has 2 heterocycles. The SMILES string of the molecule is CS(=O)(=O)c1ccc([C@H](c2ccccc2)C2CCN(C(=O)c3ccc4c(c3)NC(=O)CO4)CC2)cc1. The Labute approximate surface area is 211 Å². The molecule has 0 spiro atoms. The van der Waals surface area contributed by atoms with Crippen LogP contribution >= 0.6 is 0 Å². The van der Waals surface area contributed by atoms with E-state index in [1.54, 1.807) is 30.3 Å².